The molecule has 3 fully saturated rings. The molecule has 0 saturated carbocycles. The highest BCUT2D eigenvalue weighted by molar-refractivity contribution is 7.90. The number of esters is 1. The van der Waals surface area contributed by atoms with Crippen LogP contribution in [0.3, 0.4) is 0 Å². The number of ether oxygens (including phenoxy) is 6. The van der Waals surface area contributed by atoms with E-state index in [1.165, 1.54) is 27.4 Å². The molecule has 19 heteroatoms. The van der Waals surface area contributed by atoms with E-state index in [2.05, 4.69) is 15.2 Å². The summed E-state index contributed by atoms with van der Waals surface area (Å²) in [5.41, 5.74) is -2.61. The Morgan fingerprint density at radius 2 is 1.54 bits per heavy atom. The number of benzene rings is 1. The lowest BCUT2D eigenvalue weighted by Crippen LogP contribution is -2.62. The topological polar surface area (TPSA) is 239 Å². The third-order valence-corrected chi connectivity index (χ3v) is 16.9. The molecule has 18 atom stereocenters. The number of hydrogen-bond acceptors (Lipinski definition) is 17. The van der Waals surface area contributed by atoms with Crippen LogP contribution >= 0.6 is 0 Å². The van der Waals surface area contributed by atoms with Crippen LogP contribution in [0, 0.1) is 29.6 Å². The SMILES string of the molecule is CC[C@H]1OC(=O)[C@H](C)[C@@H](C2C[C@@](C)(OC)[C@@H](O)[C@H](C)O2)[C@H](C)[C@@H](O[C@@H]2O[C@H](C)C[C@H](N(C)CCc3cn(CCc4ccc(S(C)(=O)=O)cc4)nn3)[C@H]2O)[C@](C)(OC)C[C@@H](C)C(=O)[C@H](C)[C@@H](O)[C@]1(C)O. The fraction of sp³-hybridized carbons (Fsp3) is 0.800. The van der Waals surface area contributed by atoms with Gasteiger partial charge in [-0.3, -0.25) is 14.3 Å². The van der Waals surface area contributed by atoms with Crippen molar-refractivity contribution in [3.63, 3.8) is 0 Å². The third kappa shape index (κ3) is 12.8. The van der Waals surface area contributed by atoms with E-state index in [9.17, 15) is 38.4 Å². The summed E-state index contributed by atoms with van der Waals surface area (Å²) in [6.45, 7) is 18.4. The van der Waals surface area contributed by atoms with Crippen LogP contribution in [0.1, 0.15) is 106 Å². The summed E-state index contributed by atoms with van der Waals surface area (Å²) in [7, 11) is 1.68. The molecule has 2 aromatic rings. The number of methoxy groups -OCH3 is 2. The van der Waals surface area contributed by atoms with Gasteiger partial charge in [0.15, 0.2) is 16.1 Å². The molecule has 0 bridgehead atoms. The average Bonchev–Trinajstić information content (AvgIpc) is 3.77. The van der Waals surface area contributed by atoms with Crippen molar-refractivity contribution in [1.29, 1.82) is 0 Å². The van der Waals surface area contributed by atoms with E-state index in [1.807, 2.05) is 34.0 Å². The van der Waals surface area contributed by atoms with Crippen LogP contribution in [-0.4, -0.2) is 173 Å². The predicted molar refractivity (Wildman–Crippen MR) is 256 cm³/mol. The van der Waals surface area contributed by atoms with Crippen LogP contribution < -0.4 is 0 Å². The summed E-state index contributed by atoms with van der Waals surface area (Å²) < 4.78 is 64.1. The van der Waals surface area contributed by atoms with Gasteiger partial charge in [0.05, 0.1) is 58.2 Å². The first-order valence-corrected chi connectivity index (χ1v) is 26.5. The van der Waals surface area contributed by atoms with Crippen LogP contribution in [0.4, 0.5) is 0 Å². The summed E-state index contributed by atoms with van der Waals surface area (Å²) in [5, 5.41) is 55.7. The molecule has 4 heterocycles. The minimum absolute atomic E-state index is 0.0908. The molecular formula is C50H82N4O14S. The number of aliphatic hydroxyl groups excluding tert-OH is 3. The molecule has 1 unspecified atom stereocenters. The van der Waals surface area contributed by atoms with Crippen molar-refractivity contribution in [2.24, 2.45) is 29.6 Å². The molecule has 5 rings (SSSR count). The van der Waals surface area contributed by atoms with E-state index in [1.54, 1.807) is 70.5 Å². The molecular weight excluding hydrogens is 913 g/mol. The largest absolute Gasteiger partial charge is 0.459 e. The van der Waals surface area contributed by atoms with Crippen molar-refractivity contribution in [3.05, 3.63) is 41.7 Å². The fourth-order valence-electron chi connectivity index (χ4n) is 11.2. The van der Waals surface area contributed by atoms with Gasteiger partial charge in [0.2, 0.25) is 0 Å². The van der Waals surface area contributed by atoms with Gasteiger partial charge in [-0.1, -0.05) is 52.0 Å². The first-order chi connectivity index (χ1) is 32.1. The molecule has 18 nitrogen and oxygen atoms in total. The number of sulfone groups is 1. The van der Waals surface area contributed by atoms with E-state index < -0.39 is 117 Å². The summed E-state index contributed by atoms with van der Waals surface area (Å²) in [5.74, 6) is -5.09. The van der Waals surface area contributed by atoms with E-state index in [0.717, 1.165) is 11.3 Å². The molecule has 0 spiro atoms. The van der Waals surface area contributed by atoms with Crippen molar-refractivity contribution >= 4 is 21.6 Å². The van der Waals surface area contributed by atoms with Gasteiger partial charge in [-0.05, 0) is 91.0 Å². The molecule has 1 aromatic heterocycles. The normalized spacial score (nSPS) is 40.1. The lowest BCUT2D eigenvalue weighted by atomic mass is 9.67. The predicted octanol–water partition coefficient (Wildman–Crippen LogP) is 3.56. The highest BCUT2D eigenvalue weighted by atomic mass is 32.2. The van der Waals surface area contributed by atoms with Crippen molar-refractivity contribution < 1.29 is 66.9 Å². The van der Waals surface area contributed by atoms with E-state index in [4.69, 9.17) is 28.4 Å². The lowest BCUT2D eigenvalue weighted by molar-refractivity contribution is -0.305. The van der Waals surface area contributed by atoms with E-state index in [0.29, 0.717) is 32.4 Å². The van der Waals surface area contributed by atoms with Gasteiger partial charge in [-0.25, -0.2) is 8.42 Å². The monoisotopic (exact) mass is 995 g/mol. The Kier molecular flexibility index (Phi) is 18.9. The third-order valence-electron chi connectivity index (χ3n) is 15.8. The summed E-state index contributed by atoms with van der Waals surface area (Å²) in [6.07, 6.45) is -3.75. The van der Waals surface area contributed by atoms with Gasteiger partial charge >= 0.3 is 5.97 Å². The number of aliphatic hydroxyl groups is 4. The Morgan fingerprint density at radius 3 is 2.13 bits per heavy atom. The molecule has 0 radical (unpaired) electrons. The number of carbonyl (C=O) groups excluding carboxylic acids is 2. The maximum Gasteiger partial charge on any atom is 0.309 e. The average molecular weight is 995 g/mol. The molecule has 0 amide bonds. The Balaban J connectivity index is 1.45. The second-order valence-electron chi connectivity index (χ2n) is 21.1. The number of ketones is 1. The van der Waals surface area contributed by atoms with Gasteiger partial charge in [0.1, 0.15) is 29.7 Å². The number of nitrogens with zero attached hydrogens (tertiary/aromatic N) is 4. The zero-order valence-electron chi connectivity index (χ0n) is 43.3. The summed E-state index contributed by atoms with van der Waals surface area (Å²) >= 11 is 0. The summed E-state index contributed by atoms with van der Waals surface area (Å²) in [6, 6.07) is 6.38. The Hall–Kier alpha value is -2.95. The molecule has 3 aliphatic heterocycles. The molecule has 69 heavy (non-hydrogen) atoms. The van der Waals surface area contributed by atoms with Crippen molar-refractivity contribution in [1.82, 2.24) is 19.9 Å². The zero-order valence-corrected chi connectivity index (χ0v) is 44.1. The van der Waals surface area contributed by atoms with Gasteiger partial charge in [-0.15, -0.1) is 5.10 Å². The standard InChI is InChI=1S/C50H82N4O14S/c1-15-39-50(10,60)43(57)32(6)41(55)28(2)25-49(9,64-13)45(30(4)40(31(5)46(59)67-39)38-26-48(8,63-12)44(58)33(7)66-38)68-47-42(56)37(24-29(3)65-47)53(11)22-21-35-27-54(52-51-35)23-20-34-16-18-36(19-17-34)69(14,61)62/h16-19,27-33,37-40,42-45,47,56-58,60H,15,20-26H2,1-14H3/t28-,29-,30+,31-,32+,33+,37+,38?,39-,40+,42-,43-,44+,45-,47+,48-,49-,50-/m1/s1. The Labute approximate surface area is 409 Å². The lowest BCUT2D eigenvalue weighted by Gasteiger charge is -2.52. The van der Waals surface area contributed by atoms with E-state index in [-0.39, 0.29) is 36.0 Å². The van der Waals surface area contributed by atoms with Gasteiger partial charge in [-0.2, -0.15) is 0 Å². The number of hydrogen-bond donors (Lipinski definition) is 4. The molecule has 3 saturated heterocycles. The minimum Gasteiger partial charge on any atom is -0.459 e. The van der Waals surface area contributed by atoms with Gasteiger partial charge in [0, 0.05) is 76.4 Å². The minimum atomic E-state index is -3.28. The number of aryl methyl sites for hydroxylation is 2. The van der Waals surface area contributed by atoms with Crippen molar-refractivity contribution in [2.75, 3.05) is 34.1 Å². The fourth-order valence-corrected chi connectivity index (χ4v) is 11.9. The first kappa shape index (κ1) is 57.0. The van der Waals surface area contributed by atoms with Crippen LogP contribution in [0.5, 0.6) is 0 Å². The van der Waals surface area contributed by atoms with Gasteiger partial charge < -0.3 is 53.7 Å². The Bertz CT molecular complexity index is 2120. The van der Waals surface area contributed by atoms with Crippen LogP contribution in [-0.2, 0) is 67.2 Å². The second kappa shape index (κ2) is 22.9. The zero-order chi connectivity index (χ0) is 51.6. The number of rotatable bonds is 14. The van der Waals surface area contributed by atoms with E-state index >= 15 is 0 Å². The number of aromatic nitrogens is 3. The summed E-state index contributed by atoms with van der Waals surface area (Å²) in [4.78, 5) is 31.2. The Morgan fingerprint density at radius 1 is 0.899 bits per heavy atom. The van der Waals surface area contributed by atoms with Gasteiger partial charge in [0.25, 0.3) is 0 Å². The molecule has 0 aliphatic carbocycles. The number of carbonyl (C=O) groups is 2. The van der Waals surface area contributed by atoms with Crippen LogP contribution in [0.25, 0.3) is 0 Å². The molecule has 1 aromatic carbocycles. The smallest absolute Gasteiger partial charge is 0.309 e. The highest BCUT2D eigenvalue weighted by Gasteiger charge is 2.56. The van der Waals surface area contributed by atoms with Crippen LogP contribution in [0.2, 0.25) is 0 Å². The van der Waals surface area contributed by atoms with Crippen LogP contribution in [0.15, 0.2) is 35.4 Å². The molecule has 392 valence electrons. The maximum atomic E-state index is 14.6. The second-order valence-corrected chi connectivity index (χ2v) is 23.1. The molecule has 4 N–H and O–H groups in total. The van der Waals surface area contributed by atoms with Crippen molar-refractivity contribution in [3.8, 4) is 0 Å². The quantitative estimate of drug-likeness (QED) is 0.198. The first-order valence-electron chi connectivity index (χ1n) is 24.6. The number of likely N-dealkylation sites (N-methyl/N-ethyl adjacent to an activating group) is 1. The number of cyclic esters (lactones) is 1. The van der Waals surface area contributed by atoms with Crippen molar-refractivity contribution in [2.45, 2.75) is 197 Å². The maximum absolute atomic E-state index is 14.6. The number of Topliss-reactive ketones (excluding diaryl/α,β-unsaturated/α-hetero) is 1. The molecule has 3 aliphatic rings. The highest BCUT2D eigenvalue weighted by Crippen LogP contribution is 2.46.